The van der Waals surface area contributed by atoms with Gasteiger partial charge in [0.25, 0.3) is 5.91 Å². The number of anilines is 1. The molecule has 0 aliphatic heterocycles. The van der Waals surface area contributed by atoms with E-state index in [1.807, 2.05) is 36.4 Å². The number of nitriles is 1. The number of hydrogen-bond acceptors (Lipinski definition) is 6. The summed E-state index contributed by atoms with van der Waals surface area (Å²) in [5.41, 5.74) is 1.35. The lowest BCUT2D eigenvalue weighted by Crippen LogP contribution is -2.21. The van der Waals surface area contributed by atoms with E-state index in [1.165, 1.54) is 30.0 Å². The molecule has 0 spiro atoms. The van der Waals surface area contributed by atoms with E-state index in [9.17, 15) is 9.59 Å². The molecule has 8 nitrogen and oxygen atoms in total. The number of carbonyl (C=O) groups is 2. The Morgan fingerprint density at radius 2 is 2.00 bits per heavy atom. The summed E-state index contributed by atoms with van der Waals surface area (Å²) in [6.07, 6.45) is 1.55. The van der Waals surface area contributed by atoms with Crippen LogP contribution in [0.1, 0.15) is 16.1 Å². The maximum atomic E-state index is 12.3. The molecule has 1 aromatic heterocycles. The van der Waals surface area contributed by atoms with Crippen molar-refractivity contribution in [2.45, 2.75) is 0 Å². The van der Waals surface area contributed by atoms with Gasteiger partial charge in [0.2, 0.25) is 5.69 Å². The predicted molar refractivity (Wildman–Crippen MR) is 105 cm³/mol. The molecule has 1 N–H and O–H groups in total. The largest absolute Gasteiger partial charge is 0.493 e. The zero-order valence-electron chi connectivity index (χ0n) is 15.3. The van der Waals surface area contributed by atoms with Gasteiger partial charge in [0, 0.05) is 5.69 Å². The van der Waals surface area contributed by atoms with Gasteiger partial charge in [-0.3, -0.25) is 4.79 Å². The van der Waals surface area contributed by atoms with E-state index in [0.29, 0.717) is 5.69 Å². The van der Waals surface area contributed by atoms with Crippen molar-refractivity contribution in [3.63, 3.8) is 0 Å². The summed E-state index contributed by atoms with van der Waals surface area (Å²) in [5.74, 6) is -1.15. The third-order valence-corrected chi connectivity index (χ3v) is 4.14. The van der Waals surface area contributed by atoms with Crippen LogP contribution >= 0.6 is 11.6 Å². The first-order chi connectivity index (χ1) is 14.0. The Hall–Kier alpha value is -3.83. The van der Waals surface area contributed by atoms with Gasteiger partial charge in [-0.2, -0.15) is 10.4 Å². The molecule has 29 heavy (non-hydrogen) atoms. The first-order valence-electron chi connectivity index (χ1n) is 8.37. The molecule has 2 aromatic carbocycles. The van der Waals surface area contributed by atoms with Crippen molar-refractivity contribution < 1.29 is 19.1 Å². The van der Waals surface area contributed by atoms with Crippen molar-refractivity contribution in [3.05, 3.63) is 71.0 Å². The van der Waals surface area contributed by atoms with Gasteiger partial charge in [0.05, 0.1) is 29.6 Å². The smallest absolute Gasteiger partial charge is 0.363 e. The number of halogens is 1. The van der Waals surface area contributed by atoms with E-state index in [4.69, 9.17) is 26.3 Å². The SMILES string of the molecule is COc1cn(-c2ccccc2)nc1C(=O)OCC(=O)Nc1ccc(C#N)c(Cl)c1. The molecule has 0 unspecified atom stereocenters. The molecule has 0 aliphatic rings. The molecule has 0 saturated carbocycles. The first kappa shape index (κ1) is 19.9. The number of nitrogens with one attached hydrogen (secondary N) is 1. The highest BCUT2D eigenvalue weighted by Crippen LogP contribution is 2.21. The van der Waals surface area contributed by atoms with Gasteiger partial charge in [-0.15, -0.1) is 0 Å². The van der Waals surface area contributed by atoms with Crippen molar-refractivity contribution in [2.24, 2.45) is 0 Å². The fourth-order valence-corrected chi connectivity index (χ4v) is 2.66. The van der Waals surface area contributed by atoms with Crippen LogP contribution in [0.4, 0.5) is 5.69 Å². The third-order valence-electron chi connectivity index (χ3n) is 3.82. The summed E-state index contributed by atoms with van der Waals surface area (Å²) < 4.78 is 11.7. The van der Waals surface area contributed by atoms with Crippen LogP contribution in [-0.4, -0.2) is 35.4 Å². The highest BCUT2D eigenvalue weighted by atomic mass is 35.5. The third kappa shape index (κ3) is 4.72. The lowest BCUT2D eigenvalue weighted by molar-refractivity contribution is -0.119. The monoisotopic (exact) mass is 410 g/mol. The number of benzene rings is 2. The molecule has 9 heteroatoms. The molecule has 0 aliphatic carbocycles. The summed E-state index contributed by atoms with van der Waals surface area (Å²) >= 11 is 5.92. The zero-order valence-corrected chi connectivity index (χ0v) is 16.0. The Bertz CT molecular complexity index is 1090. The Morgan fingerprint density at radius 3 is 2.66 bits per heavy atom. The fraction of sp³-hybridized carbons (Fsp3) is 0.100. The molecule has 1 amide bonds. The van der Waals surface area contributed by atoms with Crippen LogP contribution in [0.25, 0.3) is 5.69 Å². The quantitative estimate of drug-likeness (QED) is 0.625. The molecule has 0 radical (unpaired) electrons. The van der Waals surface area contributed by atoms with E-state index < -0.39 is 18.5 Å². The molecule has 146 valence electrons. The number of rotatable bonds is 6. The summed E-state index contributed by atoms with van der Waals surface area (Å²) in [6.45, 7) is -0.530. The first-order valence-corrected chi connectivity index (χ1v) is 8.75. The number of carbonyl (C=O) groups excluding carboxylic acids is 2. The number of aromatic nitrogens is 2. The minimum absolute atomic E-state index is 0.0504. The number of ether oxygens (including phenoxy) is 2. The van der Waals surface area contributed by atoms with Crippen LogP contribution in [0, 0.1) is 11.3 Å². The molecule has 0 saturated heterocycles. The summed E-state index contributed by atoms with van der Waals surface area (Å²) in [4.78, 5) is 24.4. The van der Waals surface area contributed by atoms with Crippen LogP contribution < -0.4 is 10.1 Å². The van der Waals surface area contributed by atoms with Gasteiger partial charge in [-0.25, -0.2) is 9.48 Å². The van der Waals surface area contributed by atoms with Crippen molar-refractivity contribution in [2.75, 3.05) is 19.0 Å². The van der Waals surface area contributed by atoms with Crippen LogP contribution in [0.3, 0.4) is 0 Å². The van der Waals surface area contributed by atoms with Crippen LogP contribution in [0.15, 0.2) is 54.7 Å². The summed E-state index contributed by atoms with van der Waals surface area (Å²) in [7, 11) is 1.41. The van der Waals surface area contributed by atoms with Crippen LogP contribution in [0.2, 0.25) is 5.02 Å². The Balaban J connectivity index is 1.64. The molecule has 0 fully saturated rings. The number of methoxy groups -OCH3 is 1. The molecule has 3 aromatic rings. The van der Waals surface area contributed by atoms with E-state index in [1.54, 1.807) is 6.20 Å². The van der Waals surface area contributed by atoms with Gasteiger partial charge >= 0.3 is 5.97 Å². The second-order valence-electron chi connectivity index (χ2n) is 5.76. The van der Waals surface area contributed by atoms with Crippen molar-refractivity contribution in [3.8, 4) is 17.5 Å². The standard InChI is InChI=1S/C20H15ClN4O4/c1-28-17-11-25(15-5-3-2-4-6-15)24-19(17)20(27)29-12-18(26)23-14-8-7-13(10-22)16(21)9-14/h2-9,11H,12H2,1H3,(H,23,26). The van der Waals surface area contributed by atoms with Crippen molar-refractivity contribution in [1.29, 1.82) is 5.26 Å². The van der Waals surface area contributed by atoms with Gasteiger partial charge < -0.3 is 14.8 Å². The molecule has 0 bridgehead atoms. The second-order valence-corrected chi connectivity index (χ2v) is 6.16. The summed E-state index contributed by atoms with van der Waals surface area (Å²) in [5, 5.41) is 15.8. The molecular formula is C20H15ClN4O4. The number of nitrogens with zero attached hydrogens (tertiary/aromatic N) is 3. The average molecular weight is 411 g/mol. The minimum Gasteiger partial charge on any atom is -0.493 e. The minimum atomic E-state index is -0.801. The number of esters is 1. The molecule has 0 atom stereocenters. The van der Waals surface area contributed by atoms with E-state index >= 15 is 0 Å². The van der Waals surface area contributed by atoms with Crippen LogP contribution in [-0.2, 0) is 9.53 Å². The van der Waals surface area contributed by atoms with Gasteiger partial charge in [0.1, 0.15) is 6.07 Å². The van der Waals surface area contributed by atoms with Gasteiger partial charge in [0.15, 0.2) is 12.4 Å². The Morgan fingerprint density at radius 1 is 1.24 bits per heavy atom. The van der Waals surface area contributed by atoms with E-state index in [2.05, 4.69) is 10.4 Å². The van der Waals surface area contributed by atoms with Gasteiger partial charge in [-0.1, -0.05) is 29.8 Å². The number of para-hydroxylation sites is 1. The summed E-state index contributed by atoms with van der Waals surface area (Å²) in [6, 6.07) is 15.5. The lowest BCUT2D eigenvalue weighted by Gasteiger charge is -2.07. The highest BCUT2D eigenvalue weighted by Gasteiger charge is 2.21. The zero-order chi connectivity index (χ0) is 20.8. The lowest BCUT2D eigenvalue weighted by atomic mass is 10.2. The number of hydrogen-bond donors (Lipinski definition) is 1. The van der Waals surface area contributed by atoms with Crippen LogP contribution in [0.5, 0.6) is 5.75 Å². The average Bonchev–Trinajstić information content (AvgIpc) is 3.17. The maximum absolute atomic E-state index is 12.3. The highest BCUT2D eigenvalue weighted by molar-refractivity contribution is 6.32. The molecular weight excluding hydrogens is 396 g/mol. The Labute approximate surface area is 171 Å². The maximum Gasteiger partial charge on any atom is 0.363 e. The molecule has 1 heterocycles. The topological polar surface area (TPSA) is 106 Å². The normalized spacial score (nSPS) is 10.1. The van der Waals surface area contributed by atoms with Gasteiger partial charge in [-0.05, 0) is 30.3 Å². The van der Waals surface area contributed by atoms with Crippen molar-refractivity contribution >= 4 is 29.2 Å². The fourth-order valence-electron chi connectivity index (χ4n) is 2.44. The predicted octanol–water partition coefficient (Wildman–Crippen LogP) is 3.20. The van der Waals surface area contributed by atoms with E-state index in [-0.39, 0.29) is 22.0 Å². The molecule has 3 rings (SSSR count). The Kier molecular flexibility index (Phi) is 6.12. The second kappa shape index (κ2) is 8.91. The van der Waals surface area contributed by atoms with Crippen molar-refractivity contribution in [1.82, 2.24) is 9.78 Å². The van der Waals surface area contributed by atoms with E-state index in [0.717, 1.165) is 5.69 Å². The number of amides is 1.